The minimum atomic E-state index is 0.438. The molecule has 0 amide bonds. The number of hydrogen-bond acceptors (Lipinski definition) is 4. The van der Waals surface area contributed by atoms with Crippen LogP contribution in [0.1, 0.15) is 31.4 Å². The first-order valence-electron chi connectivity index (χ1n) is 6.29. The molecule has 1 aromatic heterocycles. The van der Waals surface area contributed by atoms with Crippen molar-refractivity contribution in [2.75, 3.05) is 5.73 Å². The molecule has 1 aromatic carbocycles. The highest BCUT2D eigenvalue weighted by atomic mass is 15.6. The van der Waals surface area contributed by atoms with E-state index in [-0.39, 0.29) is 0 Å². The molecule has 3 rings (SSSR count). The molecule has 0 bridgehead atoms. The van der Waals surface area contributed by atoms with Crippen LogP contribution in [0.25, 0.3) is 11.4 Å². The Morgan fingerprint density at radius 1 is 1.33 bits per heavy atom. The van der Waals surface area contributed by atoms with Gasteiger partial charge in [-0.25, -0.2) is 4.68 Å². The Morgan fingerprint density at radius 2 is 2.11 bits per heavy atom. The molecule has 0 aliphatic heterocycles. The molecule has 5 nitrogen and oxygen atoms in total. The van der Waals surface area contributed by atoms with Crippen LogP contribution in [0.2, 0.25) is 0 Å². The fourth-order valence-corrected chi connectivity index (χ4v) is 2.47. The number of nitrogens with two attached hydrogens (primary N) is 1. The van der Waals surface area contributed by atoms with Gasteiger partial charge in [-0.2, -0.15) is 0 Å². The zero-order valence-electron chi connectivity index (χ0n) is 10.7. The molecule has 1 saturated carbocycles. The van der Waals surface area contributed by atoms with Crippen LogP contribution in [0.5, 0.6) is 0 Å². The van der Waals surface area contributed by atoms with Gasteiger partial charge in [0.15, 0.2) is 5.82 Å². The highest BCUT2D eigenvalue weighted by Gasteiger charge is 2.30. The maximum Gasteiger partial charge on any atom is 0.182 e. The van der Waals surface area contributed by atoms with Crippen molar-refractivity contribution < 1.29 is 0 Å². The molecule has 5 heteroatoms. The highest BCUT2D eigenvalue weighted by Crippen LogP contribution is 2.38. The van der Waals surface area contributed by atoms with Crippen molar-refractivity contribution in [3.8, 4) is 11.4 Å². The monoisotopic (exact) mass is 243 g/mol. The maximum atomic E-state index is 5.94. The van der Waals surface area contributed by atoms with Crippen LogP contribution >= 0.6 is 0 Å². The standard InChI is InChI=1S/C13H17N5/c1-8-5-11(6-8)18-13(15-16-17-18)10-4-3-9(2)12(14)7-10/h3-4,7-8,11H,5-6,14H2,1-2H3. The summed E-state index contributed by atoms with van der Waals surface area (Å²) in [6, 6.07) is 6.41. The summed E-state index contributed by atoms with van der Waals surface area (Å²) >= 11 is 0. The molecule has 1 heterocycles. The first-order chi connectivity index (χ1) is 8.65. The zero-order valence-corrected chi connectivity index (χ0v) is 10.7. The van der Waals surface area contributed by atoms with Crippen molar-refractivity contribution in [1.29, 1.82) is 0 Å². The number of anilines is 1. The van der Waals surface area contributed by atoms with Gasteiger partial charge in [0.25, 0.3) is 0 Å². The van der Waals surface area contributed by atoms with Crippen molar-refractivity contribution in [1.82, 2.24) is 20.2 Å². The number of nitrogen functional groups attached to an aromatic ring is 1. The van der Waals surface area contributed by atoms with Gasteiger partial charge < -0.3 is 5.73 Å². The van der Waals surface area contributed by atoms with Crippen LogP contribution < -0.4 is 5.73 Å². The molecule has 2 aromatic rings. The van der Waals surface area contributed by atoms with Gasteiger partial charge in [-0.1, -0.05) is 19.1 Å². The summed E-state index contributed by atoms with van der Waals surface area (Å²) in [5.41, 5.74) is 8.79. The van der Waals surface area contributed by atoms with Gasteiger partial charge in [0.2, 0.25) is 0 Å². The van der Waals surface area contributed by atoms with E-state index in [0.29, 0.717) is 6.04 Å². The number of aromatic nitrogens is 4. The lowest BCUT2D eigenvalue weighted by atomic mass is 9.82. The van der Waals surface area contributed by atoms with E-state index in [1.807, 2.05) is 29.8 Å². The molecule has 18 heavy (non-hydrogen) atoms. The second kappa shape index (κ2) is 4.08. The van der Waals surface area contributed by atoms with E-state index in [9.17, 15) is 0 Å². The Bertz CT molecular complexity index is 569. The molecule has 1 aliphatic rings. The van der Waals surface area contributed by atoms with E-state index >= 15 is 0 Å². The number of benzene rings is 1. The topological polar surface area (TPSA) is 69.6 Å². The number of nitrogens with zero attached hydrogens (tertiary/aromatic N) is 4. The summed E-state index contributed by atoms with van der Waals surface area (Å²) in [6.45, 7) is 4.25. The van der Waals surface area contributed by atoms with E-state index in [1.165, 1.54) is 0 Å². The maximum absolute atomic E-state index is 5.94. The van der Waals surface area contributed by atoms with Crippen LogP contribution in [0.15, 0.2) is 18.2 Å². The lowest BCUT2D eigenvalue weighted by Crippen LogP contribution is -2.26. The lowest BCUT2D eigenvalue weighted by Gasteiger charge is -2.32. The fourth-order valence-electron chi connectivity index (χ4n) is 2.47. The molecular formula is C13H17N5. The van der Waals surface area contributed by atoms with Gasteiger partial charge in [-0.3, -0.25) is 0 Å². The van der Waals surface area contributed by atoms with Gasteiger partial charge in [0.1, 0.15) is 0 Å². The third kappa shape index (κ3) is 1.75. The molecule has 0 atom stereocenters. The number of aryl methyl sites for hydroxylation is 1. The summed E-state index contributed by atoms with van der Waals surface area (Å²) in [5.74, 6) is 1.59. The molecule has 1 aliphatic carbocycles. The van der Waals surface area contributed by atoms with Crippen LogP contribution in [-0.4, -0.2) is 20.2 Å². The Morgan fingerprint density at radius 3 is 2.78 bits per heavy atom. The number of hydrogen-bond donors (Lipinski definition) is 1. The van der Waals surface area contributed by atoms with Gasteiger partial charge in [-0.05, 0) is 47.7 Å². The molecule has 0 spiro atoms. The minimum absolute atomic E-state index is 0.438. The predicted octanol–water partition coefficient (Wildman–Crippen LogP) is 2.20. The van der Waals surface area contributed by atoms with Crippen molar-refractivity contribution >= 4 is 5.69 Å². The third-order valence-corrected chi connectivity index (χ3v) is 3.73. The van der Waals surface area contributed by atoms with Crippen molar-refractivity contribution in [3.05, 3.63) is 23.8 Å². The molecule has 0 unspecified atom stereocenters. The fraction of sp³-hybridized carbons (Fsp3) is 0.462. The van der Waals surface area contributed by atoms with Crippen LogP contribution in [0, 0.1) is 12.8 Å². The molecule has 0 saturated heterocycles. The molecule has 94 valence electrons. The van der Waals surface area contributed by atoms with Crippen molar-refractivity contribution in [2.45, 2.75) is 32.7 Å². The highest BCUT2D eigenvalue weighted by molar-refractivity contribution is 5.63. The Balaban J connectivity index is 1.96. The number of rotatable bonds is 2. The SMILES string of the molecule is Cc1ccc(-c2nnnn2C2CC(C)C2)cc1N. The van der Waals surface area contributed by atoms with E-state index < -0.39 is 0 Å². The summed E-state index contributed by atoms with van der Waals surface area (Å²) in [4.78, 5) is 0. The summed E-state index contributed by atoms with van der Waals surface area (Å²) in [6.07, 6.45) is 2.30. The Hall–Kier alpha value is -1.91. The van der Waals surface area contributed by atoms with Crippen LogP contribution in [0.3, 0.4) is 0 Å². The molecule has 1 fully saturated rings. The lowest BCUT2D eigenvalue weighted by molar-refractivity contribution is 0.199. The predicted molar refractivity (Wildman–Crippen MR) is 69.8 cm³/mol. The molecule has 2 N–H and O–H groups in total. The quantitative estimate of drug-likeness (QED) is 0.821. The normalized spacial score (nSPS) is 22.8. The molecule has 0 radical (unpaired) electrons. The molecular weight excluding hydrogens is 226 g/mol. The van der Waals surface area contributed by atoms with E-state index in [4.69, 9.17) is 5.73 Å². The second-order valence-electron chi connectivity index (χ2n) is 5.25. The Kier molecular flexibility index (Phi) is 2.54. The summed E-state index contributed by atoms with van der Waals surface area (Å²) in [5, 5.41) is 12.0. The van der Waals surface area contributed by atoms with Crippen LogP contribution in [-0.2, 0) is 0 Å². The number of tetrazole rings is 1. The van der Waals surface area contributed by atoms with Gasteiger partial charge in [0, 0.05) is 11.3 Å². The summed E-state index contributed by atoms with van der Waals surface area (Å²) in [7, 11) is 0. The van der Waals surface area contributed by atoms with Crippen molar-refractivity contribution in [3.63, 3.8) is 0 Å². The van der Waals surface area contributed by atoms with E-state index in [2.05, 4.69) is 22.4 Å². The van der Waals surface area contributed by atoms with Crippen LogP contribution in [0.4, 0.5) is 5.69 Å². The zero-order chi connectivity index (χ0) is 12.7. The Labute approximate surface area is 106 Å². The third-order valence-electron chi connectivity index (χ3n) is 3.73. The average Bonchev–Trinajstić information content (AvgIpc) is 2.77. The first-order valence-corrected chi connectivity index (χ1v) is 6.29. The average molecular weight is 243 g/mol. The van der Waals surface area contributed by atoms with Crippen molar-refractivity contribution in [2.24, 2.45) is 5.92 Å². The minimum Gasteiger partial charge on any atom is -0.398 e. The summed E-state index contributed by atoms with van der Waals surface area (Å²) < 4.78 is 1.93. The van der Waals surface area contributed by atoms with Gasteiger partial charge in [-0.15, -0.1) is 5.10 Å². The van der Waals surface area contributed by atoms with Gasteiger partial charge in [0.05, 0.1) is 6.04 Å². The smallest absolute Gasteiger partial charge is 0.182 e. The van der Waals surface area contributed by atoms with Gasteiger partial charge >= 0.3 is 0 Å². The van der Waals surface area contributed by atoms with E-state index in [0.717, 1.165) is 41.4 Å². The largest absolute Gasteiger partial charge is 0.398 e. The van der Waals surface area contributed by atoms with E-state index in [1.54, 1.807) is 0 Å². The first kappa shape index (κ1) is 11.2. The second-order valence-corrected chi connectivity index (χ2v) is 5.25.